The molecule has 1 unspecified atom stereocenters. The molecule has 0 aliphatic heterocycles. The summed E-state index contributed by atoms with van der Waals surface area (Å²) in [4.78, 5) is 29.9. The quantitative estimate of drug-likeness (QED) is 0.0748. The number of amides is 1. The lowest BCUT2D eigenvalue weighted by molar-refractivity contribution is -0.108. The highest BCUT2D eigenvalue weighted by atomic mass is 16.5. The highest BCUT2D eigenvalue weighted by molar-refractivity contribution is 6.08. The number of benzene rings is 3. The van der Waals surface area contributed by atoms with E-state index in [2.05, 4.69) is 24.3 Å². The molecule has 8 heteroatoms. The molecule has 4 aromatic rings. The summed E-state index contributed by atoms with van der Waals surface area (Å²) in [5.74, 6) is 1.53. The van der Waals surface area contributed by atoms with Crippen molar-refractivity contribution in [3.63, 3.8) is 0 Å². The van der Waals surface area contributed by atoms with Crippen LogP contribution in [-0.2, 0) is 17.6 Å². The van der Waals surface area contributed by atoms with Crippen molar-refractivity contribution >= 4 is 12.2 Å². The molecule has 1 atom stereocenters. The van der Waals surface area contributed by atoms with Gasteiger partial charge in [0.05, 0.1) is 17.5 Å². The van der Waals surface area contributed by atoms with Gasteiger partial charge in [0.1, 0.15) is 11.6 Å². The topological polar surface area (TPSA) is 106 Å². The van der Waals surface area contributed by atoms with E-state index in [0.717, 1.165) is 52.2 Å². The van der Waals surface area contributed by atoms with Crippen LogP contribution in [0.4, 0.5) is 0 Å². The van der Waals surface area contributed by atoms with Gasteiger partial charge >= 0.3 is 0 Å². The fraction of sp³-hybridized carbons (Fsp3) is 0.294. The van der Waals surface area contributed by atoms with Gasteiger partial charge in [-0.2, -0.15) is 0 Å². The Bertz CT molecular complexity index is 1640. The lowest BCUT2D eigenvalue weighted by Crippen LogP contribution is -2.28. The first-order valence-corrected chi connectivity index (χ1v) is 14.3. The van der Waals surface area contributed by atoms with E-state index in [4.69, 9.17) is 9.72 Å². The van der Waals surface area contributed by atoms with Crippen LogP contribution >= 0.6 is 0 Å². The standard InChI is InChI=1S/C34H38N4O4/c1-6-10-31-30(34(40)38(24(5)36-31)27-17-18-32(22(3)19-27)42-23(4)7-2)20-25-13-15-26(16-14-25)28-11-8-9-12-29(28)33(37-41)35-21-39/h8-9,11-19,21,23,41H,6-7,10,20H2,1-5H3,(H,35,37,39). The Kier molecular flexibility index (Phi) is 9.91. The van der Waals surface area contributed by atoms with Gasteiger partial charge < -0.3 is 15.3 Å². The Labute approximate surface area is 246 Å². The fourth-order valence-corrected chi connectivity index (χ4v) is 5.01. The molecule has 3 aromatic carbocycles. The minimum absolute atomic E-state index is 0.0647. The van der Waals surface area contributed by atoms with Crippen LogP contribution in [0.2, 0.25) is 0 Å². The van der Waals surface area contributed by atoms with E-state index in [1.54, 1.807) is 10.6 Å². The lowest BCUT2D eigenvalue weighted by Gasteiger charge is -2.18. The fourth-order valence-electron chi connectivity index (χ4n) is 5.01. The van der Waals surface area contributed by atoms with Gasteiger partial charge in [0.15, 0.2) is 5.84 Å². The number of nitrogens with one attached hydrogen (secondary N) is 1. The molecular weight excluding hydrogens is 528 g/mol. The average molecular weight is 567 g/mol. The van der Waals surface area contributed by atoms with Crippen molar-refractivity contribution in [1.82, 2.24) is 14.9 Å². The first-order valence-electron chi connectivity index (χ1n) is 14.3. The maximum absolute atomic E-state index is 14.0. The van der Waals surface area contributed by atoms with Crippen molar-refractivity contribution in [2.24, 2.45) is 5.16 Å². The number of amidine groups is 1. The number of rotatable bonds is 11. The van der Waals surface area contributed by atoms with Crippen LogP contribution in [0.25, 0.3) is 16.8 Å². The third-order valence-corrected chi connectivity index (χ3v) is 7.36. The summed E-state index contributed by atoms with van der Waals surface area (Å²) in [6.45, 7) is 10.1. The van der Waals surface area contributed by atoms with Gasteiger partial charge in [-0.05, 0) is 74.1 Å². The van der Waals surface area contributed by atoms with E-state index in [1.165, 1.54) is 0 Å². The lowest BCUT2D eigenvalue weighted by atomic mass is 9.96. The predicted molar refractivity (Wildman–Crippen MR) is 166 cm³/mol. The van der Waals surface area contributed by atoms with E-state index in [1.807, 2.05) is 81.4 Å². The second-order valence-electron chi connectivity index (χ2n) is 10.4. The van der Waals surface area contributed by atoms with Gasteiger partial charge in [-0.3, -0.25) is 14.2 Å². The number of nitrogens with zero attached hydrogens (tertiary/aromatic N) is 3. The molecule has 1 amide bonds. The number of oxime groups is 1. The van der Waals surface area contributed by atoms with E-state index in [-0.39, 0.29) is 17.5 Å². The summed E-state index contributed by atoms with van der Waals surface area (Å²) in [5.41, 5.74) is 6.40. The second-order valence-corrected chi connectivity index (χ2v) is 10.4. The van der Waals surface area contributed by atoms with Crippen LogP contribution in [0.3, 0.4) is 0 Å². The van der Waals surface area contributed by atoms with Crippen LogP contribution in [0.5, 0.6) is 5.75 Å². The van der Waals surface area contributed by atoms with E-state index in [0.29, 0.717) is 36.2 Å². The monoisotopic (exact) mass is 566 g/mol. The number of hydrogen-bond donors (Lipinski definition) is 2. The molecule has 0 aliphatic carbocycles. The maximum atomic E-state index is 14.0. The van der Waals surface area contributed by atoms with Crippen molar-refractivity contribution < 1.29 is 14.7 Å². The summed E-state index contributed by atoms with van der Waals surface area (Å²) < 4.78 is 7.73. The minimum atomic E-state index is -0.0703. The third kappa shape index (κ3) is 6.60. The molecule has 0 saturated carbocycles. The molecule has 4 rings (SSSR count). The van der Waals surface area contributed by atoms with Crippen molar-refractivity contribution in [1.29, 1.82) is 0 Å². The van der Waals surface area contributed by atoms with Crippen LogP contribution in [0.15, 0.2) is 76.7 Å². The van der Waals surface area contributed by atoms with Crippen LogP contribution in [0, 0.1) is 13.8 Å². The SMILES string of the molecule is CCCc1nc(C)n(-c2ccc(OC(C)CC)c(C)c2)c(=O)c1Cc1ccc(-c2ccccc2/C(=N/O)NC=O)cc1. The van der Waals surface area contributed by atoms with Gasteiger partial charge in [0.2, 0.25) is 6.41 Å². The normalized spacial score (nSPS) is 12.2. The molecule has 42 heavy (non-hydrogen) atoms. The molecule has 218 valence electrons. The van der Waals surface area contributed by atoms with E-state index < -0.39 is 0 Å². The zero-order valence-corrected chi connectivity index (χ0v) is 24.8. The summed E-state index contributed by atoms with van der Waals surface area (Å²) in [6.07, 6.45) is 3.52. The van der Waals surface area contributed by atoms with Crippen molar-refractivity contribution in [3.8, 4) is 22.6 Å². The first kappa shape index (κ1) is 30.2. The zero-order valence-electron chi connectivity index (χ0n) is 24.8. The Balaban J connectivity index is 1.71. The van der Waals surface area contributed by atoms with Gasteiger partial charge in [-0.15, -0.1) is 0 Å². The smallest absolute Gasteiger partial charge is 0.261 e. The summed E-state index contributed by atoms with van der Waals surface area (Å²) >= 11 is 0. The molecule has 1 heterocycles. The average Bonchev–Trinajstić information content (AvgIpc) is 2.99. The van der Waals surface area contributed by atoms with Crippen LogP contribution < -0.4 is 15.6 Å². The largest absolute Gasteiger partial charge is 0.490 e. The molecule has 0 fully saturated rings. The minimum Gasteiger partial charge on any atom is -0.490 e. The summed E-state index contributed by atoms with van der Waals surface area (Å²) in [5, 5.41) is 15.1. The van der Waals surface area contributed by atoms with E-state index in [9.17, 15) is 14.8 Å². The Morgan fingerprint density at radius 1 is 1.10 bits per heavy atom. The zero-order chi connectivity index (χ0) is 30.2. The molecular formula is C34H38N4O4. The Morgan fingerprint density at radius 3 is 2.48 bits per heavy atom. The Hall–Kier alpha value is -4.72. The highest BCUT2D eigenvalue weighted by Gasteiger charge is 2.18. The number of ether oxygens (including phenoxy) is 1. The van der Waals surface area contributed by atoms with Crippen LogP contribution in [0.1, 0.15) is 67.4 Å². The van der Waals surface area contributed by atoms with Crippen molar-refractivity contribution in [2.75, 3.05) is 0 Å². The van der Waals surface area contributed by atoms with Gasteiger partial charge in [0.25, 0.3) is 5.56 Å². The molecule has 8 nitrogen and oxygen atoms in total. The molecule has 2 N–H and O–H groups in total. The Morgan fingerprint density at radius 2 is 1.83 bits per heavy atom. The van der Waals surface area contributed by atoms with Gasteiger partial charge in [0, 0.05) is 17.5 Å². The third-order valence-electron chi connectivity index (χ3n) is 7.36. The number of carbonyl (C=O) groups excluding carboxylic acids is 1. The summed E-state index contributed by atoms with van der Waals surface area (Å²) in [6, 6.07) is 21.1. The maximum Gasteiger partial charge on any atom is 0.261 e. The van der Waals surface area contributed by atoms with Crippen molar-refractivity contribution in [3.05, 3.63) is 111 Å². The molecule has 1 aromatic heterocycles. The van der Waals surface area contributed by atoms with Gasteiger partial charge in [-0.25, -0.2) is 4.98 Å². The first-order chi connectivity index (χ1) is 20.3. The number of aryl methyl sites for hydroxylation is 3. The number of aromatic nitrogens is 2. The number of carbonyl (C=O) groups is 1. The molecule has 0 aliphatic rings. The van der Waals surface area contributed by atoms with Crippen LogP contribution in [-0.4, -0.2) is 33.1 Å². The highest BCUT2D eigenvalue weighted by Crippen LogP contribution is 2.26. The summed E-state index contributed by atoms with van der Waals surface area (Å²) in [7, 11) is 0. The van der Waals surface area contributed by atoms with Crippen molar-refractivity contribution in [2.45, 2.75) is 66.4 Å². The molecule has 0 bridgehead atoms. The molecule has 0 radical (unpaired) electrons. The predicted octanol–water partition coefficient (Wildman–Crippen LogP) is 6.12. The van der Waals surface area contributed by atoms with Gasteiger partial charge in [-0.1, -0.05) is 74.0 Å². The molecule has 0 spiro atoms. The second kappa shape index (κ2) is 13.8. The molecule has 0 saturated heterocycles. The van der Waals surface area contributed by atoms with E-state index >= 15 is 0 Å². The number of hydrogen-bond acceptors (Lipinski definition) is 6.